The number of carbonyl (C=O) groups is 1. The van der Waals surface area contributed by atoms with Gasteiger partial charge in [-0.3, -0.25) is 4.79 Å². The summed E-state index contributed by atoms with van der Waals surface area (Å²) < 4.78 is 6.84. The second-order valence-corrected chi connectivity index (χ2v) is 7.48. The molecule has 6 heteroatoms. The van der Waals surface area contributed by atoms with Crippen molar-refractivity contribution in [2.75, 3.05) is 37.7 Å². The molecule has 2 aliphatic rings. The fraction of sp³-hybridized carbons (Fsp3) is 0.556. The van der Waals surface area contributed by atoms with Gasteiger partial charge in [-0.05, 0) is 31.9 Å². The molecule has 128 valence electrons. The minimum Gasteiger partial charge on any atom is -0.492 e. The van der Waals surface area contributed by atoms with Crippen LogP contribution in [-0.2, 0) is 4.79 Å². The topological polar surface area (TPSA) is 45.7 Å². The van der Waals surface area contributed by atoms with E-state index in [-0.39, 0.29) is 0 Å². The Labute approximate surface area is 146 Å². The highest BCUT2D eigenvalue weighted by Gasteiger charge is 2.31. The van der Waals surface area contributed by atoms with Crippen molar-refractivity contribution in [1.29, 1.82) is 0 Å². The Balaban J connectivity index is 1.46. The van der Waals surface area contributed by atoms with E-state index in [1.54, 1.807) is 11.3 Å². The Kier molecular flexibility index (Phi) is 4.31. The van der Waals surface area contributed by atoms with Crippen LogP contribution in [0.2, 0.25) is 0 Å². The Hall–Kier alpha value is -1.82. The third-order valence-electron chi connectivity index (χ3n) is 4.99. The summed E-state index contributed by atoms with van der Waals surface area (Å²) in [5, 5.41) is 1.04. The highest BCUT2D eigenvalue weighted by molar-refractivity contribution is 7.22. The van der Waals surface area contributed by atoms with E-state index in [9.17, 15) is 4.79 Å². The first-order valence-electron chi connectivity index (χ1n) is 8.82. The second-order valence-electron chi connectivity index (χ2n) is 6.47. The smallest absolute Gasteiger partial charge is 0.225 e. The van der Waals surface area contributed by atoms with Crippen LogP contribution in [0.5, 0.6) is 5.75 Å². The van der Waals surface area contributed by atoms with E-state index in [1.807, 2.05) is 24.0 Å². The number of rotatable bonds is 4. The van der Waals surface area contributed by atoms with Crippen molar-refractivity contribution in [3.8, 4) is 5.75 Å². The molecule has 1 aromatic heterocycles. The van der Waals surface area contributed by atoms with Crippen molar-refractivity contribution in [2.24, 2.45) is 5.92 Å². The number of nitrogens with zero attached hydrogens (tertiary/aromatic N) is 3. The van der Waals surface area contributed by atoms with Gasteiger partial charge in [-0.1, -0.05) is 23.8 Å². The molecule has 1 aliphatic heterocycles. The fourth-order valence-corrected chi connectivity index (χ4v) is 4.39. The SMILES string of the molecule is CCOc1cccc2sc(N3CCN(C(=O)C4CCC4)CC3)nc12. The number of benzene rings is 1. The zero-order valence-electron chi connectivity index (χ0n) is 14.0. The van der Waals surface area contributed by atoms with Gasteiger partial charge in [0.25, 0.3) is 0 Å². The molecule has 0 atom stereocenters. The lowest BCUT2D eigenvalue weighted by molar-refractivity contribution is -0.138. The number of hydrogen-bond acceptors (Lipinski definition) is 5. The molecular weight excluding hydrogens is 322 g/mol. The fourth-order valence-electron chi connectivity index (χ4n) is 3.35. The lowest BCUT2D eigenvalue weighted by Gasteiger charge is -2.38. The summed E-state index contributed by atoms with van der Waals surface area (Å²) >= 11 is 1.71. The van der Waals surface area contributed by atoms with E-state index >= 15 is 0 Å². The molecule has 2 aromatic rings. The van der Waals surface area contributed by atoms with E-state index in [4.69, 9.17) is 9.72 Å². The van der Waals surface area contributed by atoms with Gasteiger partial charge in [0.15, 0.2) is 5.13 Å². The lowest BCUT2D eigenvalue weighted by atomic mass is 9.84. The third kappa shape index (κ3) is 2.83. The number of carbonyl (C=O) groups excluding carboxylic acids is 1. The molecule has 1 aliphatic carbocycles. The van der Waals surface area contributed by atoms with Gasteiger partial charge in [-0.15, -0.1) is 0 Å². The van der Waals surface area contributed by atoms with E-state index in [0.717, 1.165) is 60.1 Å². The summed E-state index contributed by atoms with van der Waals surface area (Å²) in [4.78, 5) is 21.5. The first kappa shape index (κ1) is 15.7. The van der Waals surface area contributed by atoms with Gasteiger partial charge in [0.1, 0.15) is 11.3 Å². The van der Waals surface area contributed by atoms with Crippen LogP contribution in [0.25, 0.3) is 10.2 Å². The molecule has 0 N–H and O–H groups in total. The van der Waals surface area contributed by atoms with Gasteiger partial charge >= 0.3 is 0 Å². The average molecular weight is 345 g/mol. The molecule has 2 heterocycles. The molecule has 5 nitrogen and oxygen atoms in total. The minimum absolute atomic E-state index is 0.299. The number of anilines is 1. The molecule has 1 saturated carbocycles. The molecule has 24 heavy (non-hydrogen) atoms. The number of ether oxygens (including phenoxy) is 1. The summed E-state index contributed by atoms with van der Waals surface area (Å²) in [6.07, 6.45) is 3.37. The molecule has 0 spiro atoms. The van der Waals surface area contributed by atoms with Gasteiger partial charge < -0.3 is 14.5 Å². The summed E-state index contributed by atoms with van der Waals surface area (Å²) in [5.74, 6) is 1.52. The predicted octanol–water partition coefficient (Wildman–Crippen LogP) is 3.14. The molecule has 2 fully saturated rings. The van der Waals surface area contributed by atoms with Gasteiger partial charge in [0.05, 0.1) is 11.3 Å². The van der Waals surface area contributed by atoms with Crippen molar-refractivity contribution in [2.45, 2.75) is 26.2 Å². The summed E-state index contributed by atoms with van der Waals surface area (Å²) in [6.45, 7) is 5.98. The molecule has 0 unspecified atom stereocenters. The van der Waals surface area contributed by atoms with Crippen molar-refractivity contribution in [1.82, 2.24) is 9.88 Å². The van der Waals surface area contributed by atoms with Gasteiger partial charge in [0, 0.05) is 32.1 Å². The number of aromatic nitrogens is 1. The van der Waals surface area contributed by atoms with Crippen molar-refractivity contribution in [3.63, 3.8) is 0 Å². The van der Waals surface area contributed by atoms with Gasteiger partial charge in [0.2, 0.25) is 5.91 Å². The molecule has 1 amide bonds. The molecular formula is C18H23N3O2S. The van der Waals surface area contributed by atoms with Crippen LogP contribution >= 0.6 is 11.3 Å². The largest absolute Gasteiger partial charge is 0.492 e. The lowest BCUT2D eigenvalue weighted by Crippen LogP contribution is -2.51. The van der Waals surface area contributed by atoms with Crippen LogP contribution < -0.4 is 9.64 Å². The predicted molar refractivity (Wildman–Crippen MR) is 96.9 cm³/mol. The zero-order chi connectivity index (χ0) is 16.5. The number of fused-ring (bicyclic) bond motifs is 1. The van der Waals surface area contributed by atoms with Crippen LogP contribution in [0.1, 0.15) is 26.2 Å². The van der Waals surface area contributed by atoms with Crippen LogP contribution in [-0.4, -0.2) is 48.6 Å². The first-order valence-corrected chi connectivity index (χ1v) is 9.64. The van der Waals surface area contributed by atoms with Crippen molar-refractivity contribution >= 4 is 32.6 Å². The van der Waals surface area contributed by atoms with E-state index < -0.39 is 0 Å². The number of para-hydroxylation sites is 1. The van der Waals surface area contributed by atoms with Crippen LogP contribution in [0, 0.1) is 5.92 Å². The van der Waals surface area contributed by atoms with Crippen LogP contribution in [0.3, 0.4) is 0 Å². The maximum Gasteiger partial charge on any atom is 0.225 e. The van der Waals surface area contributed by atoms with Crippen molar-refractivity contribution < 1.29 is 9.53 Å². The van der Waals surface area contributed by atoms with Crippen LogP contribution in [0.15, 0.2) is 18.2 Å². The monoisotopic (exact) mass is 345 g/mol. The maximum absolute atomic E-state index is 12.4. The van der Waals surface area contributed by atoms with Gasteiger partial charge in [-0.25, -0.2) is 4.98 Å². The quantitative estimate of drug-likeness (QED) is 0.854. The second kappa shape index (κ2) is 6.59. The highest BCUT2D eigenvalue weighted by Crippen LogP contribution is 2.35. The third-order valence-corrected chi connectivity index (χ3v) is 6.07. The number of hydrogen-bond donors (Lipinski definition) is 0. The van der Waals surface area contributed by atoms with Crippen molar-refractivity contribution in [3.05, 3.63) is 18.2 Å². The van der Waals surface area contributed by atoms with E-state index in [0.29, 0.717) is 18.4 Å². The molecule has 1 aromatic carbocycles. The molecule has 1 saturated heterocycles. The first-order chi connectivity index (χ1) is 11.8. The average Bonchev–Trinajstić information content (AvgIpc) is 2.99. The Morgan fingerprint density at radius 3 is 2.75 bits per heavy atom. The zero-order valence-corrected chi connectivity index (χ0v) is 14.8. The van der Waals surface area contributed by atoms with Crippen LogP contribution in [0.4, 0.5) is 5.13 Å². The highest BCUT2D eigenvalue weighted by atomic mass is 32.1. The molecule has 4 rings (SSSR count). The Morgan fingerprint density at radius 2 is 2.08 bits per heavy atom. The number of thiazole rings is 1. The Morgan fingerprint density at radius 1 is 1.29 bits per heavy atom. The maximum atomic E-state index is 12.4. The minimum atomic E-state index is 0.299. The van der Waals surface area contributed by atoms with Gasteiger partial charge in [-0.2, -0.15) is 0 Å². The normalized spacial score (nSPS) is 18.7. The summed E-state index contributed by atoms with van der Waals surface area (Å²) in [5.41, 5.74) is 0.951. The molecule has 0 radical (unpaired) electrons. The number of amides is 1. The number of piperazine rings is 1. The summed E-state index contributed by atoms with van der Waals surface area (Å²) in [7, 11) is 0. The standard InChI is InChI=1S/C18H23N3O2S/c1-2-23-14-7-4-8-15-16(14)19-18(24-15)21-11-9-20(10-12-21)17(22)13-5-3-6-13/h4,7-8,13H,2-3,5-6,9-12H2,1H3. The summed E-state index contributed by atoms with van der Waals surface area (Å²) in [6, 6.07) is 6.09. The molecule has 0 bridgehead atoms. The van der Waals surface area contributed by atoms with E-state index in [2.05, 4.69) is 11.0 Å². The van der Waals surface area contributed by atoms with E-state index in [1.165, 1.54) is 6.42 Å². The Bertz CT molecular complexity index is 733.